The molecule has 2 saturated heterocycles. The third kappa shape index (κ3) is 4.19. The first kappa shape index (κ1) is 14.3. The van der Waals surface area contributed by atoms with E-state index in [0.29, 0.717) is 18.1 Å². The Kier molecular flexibility index (Phi) is 5.89. The van der Waals surface area contributed by atoms with Crippen LogP contribution in [0.5, 0.6) is 0 Å². The number of nitrogens with zero attached hydrogens (tertiary/aromatic N) is 1. The summed E-state index contributed by atoms with van der Waals surface area (Å²) in [4.78, 5) is 2.41. The van der Waals surface area contributed by atoms with Gasteiger partial charge in [0.05, 0.1) is 12.7 Å². The third-order valence-electron chi connectivity index (χ3n) is 4.20. The molecule has 2 fully saturated rings. The van der Waals surface area contributed by atoms with E-state index in [1.54, 1.807) is 0 Å². The molecule has 0 aliphatic carbocycles. The van der Waals surface area contributed by atoms with Crippen molar-refractivity contribution in [2.75, 3.05) is 47.0 Å². The van der Waals surface area contributed by atoms with Crippen LogP contribution < -0.4 is 5.32 Å². The highest BCUT2D eigenvalue weighted by molar-refractivity contribution is 4.81. The van der Waals surface area contributed by atoms with E-state index >= 15 is 0 Å². The number of hydrogen-bond acceptors (Lipinski definition) is 4. The van der Waals surface area contributed by atoms with Gasteiger partial charge in [0.15, 0.2) is 0 Å². The Balaban J connectivity index is 1.72. The number of likely N-dealkylation sites (N-methyl/N-ethyl adjacent to an activating group) is 2. The van der Waals surface area contributed by atoms with Crippen LogP contribution in [0, 0.1) is 5.92 Å². The van der Waals surface area contributed by atoms with E-state index in [9.17, 15) is 0 Å². The van der Waals surface area contributed by atoms with Gasteiger partial charge in [0.1, 0.15) is 0 Å². The van der Waals surface area contributed by atoms with Crippen molar-refractivity contribution in [1.29, 1.82) is 0 Å². The summed E-state index contributed by atoms with van der Waals surface area (Å²) in [6.45, 7) is 4.94. The smallest absolute Gasteiger partial charge is 0.0701 e. The molecule has 0 saturated carbocycles. The van der Waals surface area contributed by atoms with Crippen LogP contribution in [-0.2, 0) is 9.47 Å². The lowest BCUT2D eigenvalue weighted by molar-refractivity contribution is -0.00347. The molecule has 3 atom stereocenters. The van der Waals surface area contributed by atoms with Crippen LogP contribution in [0.3, 0.4) is 0 Å². The monoisotopic (exact) mass is 256 g/mol. The minimum absolute atomic E-state index is 0.445. The molecular formula is C14H28N2O2. The molecule has 2 rings (SSSR count). The Hall–Kier alpha value is -0.160. The molecule has 4 heteroatoms. The second kappa shape index (κ2) is 7.43. The summed E-state index contributed by atoms with van der Waals surface area (Å²) in [5.74, 6) is 0.671. The molecule has 4 nitrogen and oxygen atoms in total. The Labute approximate surface area is 111 Å². The van der Waals surface area contributed by atoms with E-state index < -0.39 is 0 Å². The fourth-order valence-electron chi connectivity index (χ4n) is 3.06. The Morgan fingerprint density at radius 3 is 2.78 bits per heavy atom. The van der Waals surface area contributed by atoms with Crippen molar-refractivity contribution < 1.29 is 9.47 Å². The topological polar surface area (TPSA) is 33.7 Å². The predicted molar refractivity (Wildman–Crippen MR) is 72.9 cm³/mol. The van der Waals surface area contributed by atoms with Crippen molar-refractivity contribution in [1.82, 2.24) is 10.2 Å². The number of ether oxygens (including phenoxy) is 2. The molecule has 0 bridgehead atoms. The van der Waals surface area contributed by atoms with Gasteiger partial charge in [-0.05, 0) is 39.8 Å². The SMILES string of the molecule is CNC(CN(C)CC1CCCCO1)C1CCOC1. The lowest BCUT2D eigenvalue weighted by Crippen LogP contribution is -2.45. The predicted octanol–water partition coefficient (Wildman–Crippen LogP) is 1.11. The summed E-state index contributed by atoms with van der Waals surface area (Å²) in [6, 6.07) is 0.543. The Bertz CT molecular complexity index is 226. The fraction of sp³-hybridized carbons (Fsp3) is 1.00. The fourth-order valence-corrected chi connectivity index (χ4v) is 3.06. The van der Waals surface area contributed by atoms with Crippen LogP contribution in [0.1, 0.15) is 25.7 Å². The Morgan fingerprint density at radius 2 is 2.17 bits per heavy atom. The second-order valence-corrected chi connectivity index (χ2v) is 5.73. The molecule has 2 aliphatic heterocycles. The largest absolute Gasteiger partial charge is 0.381 e. The summed E-state index contributed by atoms with van der Waals surface area (Å²) in [7, 11) is 4.27. The van der Waals surface area contributed by atoms with Crippen LogP contribution in [0.4, 0.5) is 0 Å². The van der Waals surface area contributed by atoms with E-state index in [0.717, 1.165) is 32.9 Å². The first-order valence-corrected chi connectivity index (χ1v) is 7.34. The molecule has 0 spiro atoms. The molecule has 0 aromatic heterocycles. The van der Waals surface area contributed by atoms with E-state index in [1.165, 1.54) is 25.7 Å². The van der Waals surface area contributed by atoms with Gasteiger partial charge in [-0.15, -0.1) is 0 Å². The minimum Gasteiger partial charge on any atom is -0.381 e. The highest BCUT2D eigenvalue weighted by atomic mass is 16.5. The van der Waals surface area contributed by atoms with Crippen LogP contribution in [0.25, 0.3) is 0 Å². The summed E-state index contributed by atoms with van der Waals surface area (Å²) in [5.41, 5.74) is 0. The van der Waals surface area contributed by atoms with Crippen molar-refractivity contribution in [3.05, 3.63) is 0 Å². The maximum absolute atomic E-state index is 5.80. The number of hydrogen-bond donors (Lipinski definition) is 1. The average molecular weight is 256 g/mol. The van der Waals surface area contributed by atoms with Crippen LogP contribution >= 0.6 is 0 Å². The van der Waals surface area contributed by atoms with Crippen molar-refractivity contribution in [3.8, 4) is 0 Å². The summed E-state index contributed by atoms with van der Waals surface area (Å²) in [5, 5.41) is 3.45. The summed E-state index contributed by atoms with van der Waals surface area (Å²) < 4.78 is 11.3. The van der Waals surface area contributed by atoms with Gasteiger partial charge in [-0.2, -0.15) is 0 Å². The van der Waals surface area contributed by atoms with E-state index in [1.807, 2.05) is 0 Å². The second-order valence-electron chi connectivity index (χ2n) is 5.73. The molecule has 1 N–H and O–H groups in total. The minimum atomic E-state index is 0.445. The lowest BCUT2D eigenvalue weighted by atomic mass is 9.98. The van der Waals surface area contributed by atoms with Gasteiger partial charge in [0.25, 0.3) is 0 Å². The van der Waals surface area contributed by atoms with Crippen LogP contribution in [0.2, 0.25) is 0 Å². The molecule has 2 heterocycles. The summed E-state index contributed by atoms with van der Waals surface area (Å²) >= 11 is 0. The highest BCUT2D eigenvalue weighted by Gasteiger charge is 2.26. The maximum Gasteiger partial charge on any atom is 0.0701 e. The van der Waals surface area contributed by atoms with Crippen molar-refractivity contribution in [2.45, 2.75) is 37.8 Å². The van der Waals surface area contributed by atoms with E-state index in [2.05, 4.69) is 24.3 Å². The molecular weight excluding hydrogens is 228 g/mol. The average Bonchev–Trinajstić information content (AvgIpc) is 2.91. The van der Waals surface area contributed by atoms with Crippen LogP contribution in [0.15, 0.2) is 0 Å². The first-order valence-electron chi connectivity index (χ1n) is 7.34. The third-order valence-corrected chi connectivity index (χ3v) is 4.20. The zero-order valence-electron chi connectivity index (χ0n) is 11.9. The molecule has 106 valence electrons. The van der Waals surface area contributed by atoms with Gasteiger partial charge < -0.3 is 19.7 Å². The van der Waals surface area contributed by atoms with Gasteiger partial charge in [-0.1, -0.05) is 0 Å². The maximum atomic E-state index is 5.80. The number of nitrogens with one attached hydrogen (secondary N) is 1. The van der Waals surface area contributed by atoms with Gasteiger partial charge in [-0.25, -0.2) is 0 Å². The molecule has 2 aliphatic rings. The van der Waals surface area contributed by atoms with E-state index in [-0.39, 0.29) is 0 Å². The Morgan fingerprint density at radius 1 is 1.28 bits per heavy atom. The van der Waals surface area contributed by atoms with Crippen molar-refractivity contribution in [2.24, 2.45) is 5.92 Å². The zero-order valence-corrected chi connectivity index (χ0v) is 11.9. The van der Waals surface area contributed by atoms with E-state index in [4.69, 9.17) is 9.47 Å². The molecule has 18 heavy (non-hydrogen) atoms. The summed E-state index contributed by atoms with van der Waals surface area (Å²) in [6.07, 6.45) is 5.42. The van der Waals surface area contributed by atoms with Gasteiger partial charge >= 0.3 is 0 Å². The van der Waals surface area contributed by atoms with Crippen molar-refractivity contribution >= 4 is 0 Å². The standard InChI is InChI=1S/C14H28N2O2/c1-15-14(12-6-8-17-11-12)10-16(2)9-13-5-3-4-7-18-13/h12-15H,3-11H2,1-2H3. The lowest BCUT2D eigenvalue weighted by Gasteiger charge is -2.31. The highest BCUT2D eigenvalue weighted by Crippen LogP contribution is 2.18. The number of rotatable bonds is 6. The van der Waals surface area contributed by atoms with Gasteiger partial charge in [0.2, 0.25) is 0 Å². The molecule has 0 amide bonds. The normalized spacial score (nSPS) is 30.8. The quantitative estimate of drug-likeness (QED) is 0.772. The van der Waals surface area contributed by atoms with Gasteiger partial charge in [0, 0.05) is 38.3 Å². The molecule has 3 unspecified atom stereocenters. The zero-order chi connectivity index (χ0) is 12.8. The van der Waals surface area contributed by atoms with Crippen LogP contribution in [-0.4, -0.2) is 64.1 Å². The molecule has 0 radical (unpaired) electrons. The molecule has 0 aromatic rings. The first-order chi connectivity index (χ1) is 8.79. The van der Waals surface area contributed by atoms with Gasteiger partial charge in [-0.3, -0.25) is 0 Å². The molecule has 0 aromatic carbocycles. The van der Waals surface area contributed by atoms with Crippen molar-refractivity contribution in [3.63, 3.8) is 0 Å².